The minimum atomic E-state index is -0.346. The average Bonchev–Trinajstić information content (AvgIpc) is 2.42. The molecule has 19 heavy (non-hydrogen) atoms. The maximum atomic E-state index is 11.6. The van der Waals surface area contributed by atoms with E-state index in [9.17, 15) is 9.59 Å². The van der Waals surface area contributed by atoms with Crippen molar-refractivity contribution in [3.05, 3.63) is 35.4 Å². The standard InChI is InChI=1S/C14H13NO4/c16-7-3-6-11-4-1-2-5-12(11)8-15-13(17)9-19-10-14(15)18/h1-2,4-5,16H,7-10H2. The molecule has 2 amide bonds. The summed E-state index contributed by atoms with van der Waals surface area (Å²) >= 11 is 0. The van der Waals surface area contributed by atoms with Gasteiger partial charge in [-0.1, -0.05) is 30.0 Å². The van der Waals surface area contributed by atoms with Crippen molar-refractivity contribution >= 4 is 11.8 Å². The van der Waals surface area contributed by atoms with E-state index in [1.807, 2.05) is 12.1 Å². The molecule has 0 radical (unpaired) electrons. The van der Waals surface area contributed by atoms with Crippen LogP contribution in [0.15, 0.2) is 24.3 Å². The summed E-state index contributed by atoms with van der Waals surface area (Å²) in [6.07, 6.45) is 0. The third-order valence-electron chi connectivity index (χ3n) is 2.70. The van der Waals surface area contributed by atoms with Crippen LogP contribution in [-0.4, -0.2) is 41.6 Å². The normalized spacial score (nSPS) is 15.1. The molecule has 98 valence electrons. The summed E-state index contributed by atoms with van der Waals surface area (Å²) in [6, 6.07) is 7.22. The van der Waals surface area contributed by atoms with Crippen LogP contribution >= 0.6 is 0 Å². The molecule has 5 heteroatoms. The molecule has 1 heterocycles. The van der Waals surface area contributed by atoms with Crippen LogP contribution in [0.1, 0.15) is 11.1 Å². The number of hydrogen-bond acceptors (Lipinski definition) is 4. The third kappa shape index (κ3) is 3.19. The van der Waals surface area contributed by atoms with Crippen molar-refractivity contribution in [2.45, 2.75) is 6.54 Å². The Morgan fingerprint density at radius 3 is 2.58 bits per heavy atom. The van der Waals surface area contributed by atoms with Crippen LogP contribution < -0.4 is 0 Å². The second-order valence-electron chi connectivity index (χ2n) is 3.98. The predicted octanol–water partition coefficient (Wildman–Crippen LogP) is -0.0842. The molecule has 1 saturated heterocycles. The van der Waals surface area contributed by atoms with E-state index in [1.54, 1.807) is 12.1 Å². The minimum absolute atomic E-state index is 0.0732. The van der Waals surface area contributed by atoms with E-state index in [4.69, 9.17) is 9.84 Å². The lowest BCUT2D eigenvalue weighted by atomic mass is 10.1. The molecule has 0 spiro atoms. The van der Waals surface area contributed by atoms with Gasteiger partial charge in [0, 0.05) is 5.56 Å². The second kappa shape index (κ2) is 6.14. The van der Waals surface area contributed by atoms with Crippen molar-refractivity contribution in [1.29, 1.82) is 0 Å². The number of hydrogen-bond donors (Lipinski definition) is 1. The van der Waals surface area contributed by atoms with Gasteiger partial charge in [-0.2, -0.15) is 0 Å². The molecule has 1 aliphatic heterocycles. The Labute approximate surface area is 110 Å². The van der Waals surface area contributed by atoms with Crippen molar-refractivity contribution in [2.75, 3.05) is 19.8 Å². The monoisotopic (exact) mass is 259 g/mol. The zero-order chi connectivity index (χ0) is 13.7. The van der Waals surface area contributed by atoms with Crippen LogP contribution in [0.4, 0.5) is 0 Å². The van der Waals surface area contributed by atoms with Gasteiger partial charge in [-0.15, -0.1) is 0 Å². The minimum Gasteiger partial charge on any atom is -0.384 e. The summed E-state index contributed by atoms with van der Waals surface area (Å²) < 4.78 is 4.86. The lowest BCUT2D eigenvalue weighted by molar-refractivity contribution is -0.159. The third-order valence-corrected chi connectivity index (χ3v) is 2.70. The molecule has 2 rings (SSSR count). The molecule has 5 nitrogen and oxygen atoms in total. The van der Waals surface area contributed by atoms with E-state index >= 15 is 0 Å². The molecule has 0 aromatic heterocycles. The first-order valence-electron chi connectivity index (χ1n) is 5.81. The Morgan fingerprint density at radius 1 is 1.21 bits per heavy atom. The average molecular weight is 259 g/mol. The highest BCUT2D eigenvalue weighted by Gasteiger charge is 2.26. The van der Waals surface area contributed by atoms with E-state index in [2.05, 4.69) is 11.8 Å². The van der Waals surface area contributed by atoms with Gasteiger partial charge in [0.15, 0.2) is 0 Å². The van der Waals surface area contributed by atoms with E-state index in [0.717, 1.165) is 5.56 Å². The number of carbonyl (C=O) groups is 2. The molecule has 1 aliphatic rings. The zero-order valence-electron chi connectivity index (χ0n) is 10.3. The number of morpholine rings is 1. The van der Waals surface area contributed by atoms with E-state index < -0.39 is 0 Å². The van der Waals surface area contributed by atoms with Gasteiger partial charge in [0.25, 0.3) is 11.8 Å². The van der Waals surface area contributed by atoms with Gasteiger partial charge in [0.05, 0.1) is 6.54 Å². The summed E-state index contributed by atoms with van der Waals surface area (Å²) in [5, 5.41) is 8.72. The number of ether oxygens (including phenoxy) is 1. The van der Waals surface area contributed by atoms with Gasteiger partial charge >= 0.3 is 0 Å². The second-order valence-corrected chi connectivity index (χ2v) is 3.98. The van der Waals surface area contributed by atoms with Gasteiger partial charge in [-0.05, 0) is 11.6 Å². The molecule has 1 fully saturated rings. The smallest absolute Gasteiger partial charge is 0.255 e. The van der Waals surface area contributed by atoms with Crippen molar-refractivity contribution in [3.8, 4) is 11.8 Å². The van der Waals surface area contributed by atoms with E-state index in [1.165, 1.54) is 4.90 Å². The topological polar surface area (TPSA) is 66.8 Å². The fourth-order valence-corrected chi connectivity index (χ4v) is 1.78. The fraction of sp³-hybridized carbons (Fsp3) is 0.286. The molecule has 1 aromatic rings. The highest BCUT2D eigenvalue weighted by Crippen LogP contribution is 2.13. The highest BCUT2D eigenvalue weighted by molar-refractivity contribution is 5.98. The van der Waals surface area contributed by atoms with Crippen molar-refractivity contribution in [2.24, 2.45) is 0 Å². The number of amides is 2. The number of benzene rings is 1. The Bertz CT molecular complexity index is 540. The van der Waals surface area contributed by atoms with Crippen LogP contribution in [0.5, 0.6) is 0 Å². The van der Waals surface area contributed by atoms with Gasteiger partial charge in [0.1, 0.15) is 19.8 Å². The Balaban J connectivity index is 2.22. The first-order chi connectivity index (χ1) is 9.22. The Kier molecular flexibility index (Phi) is 4.29. The van der Waals surface area contributed by atoms with Gasteiger partial charge in [-0.3, -0.25) is 14.5 Å². The molecule has 0 aliphatic carbocycles. The van der Waals surface area contributed by atoms with E-state index in [-0.39, 0.29) is 38.2 Å². The maximum Gasteiger partial charge on any atom is 0.255 e. The van der Waals surface area contributed by atoms with Gasteiger partial charge < -0.3 is 9.84 Å². The molecule has 1 N–H and O–H groups in total. The lowest BCUT2D eigenvalue weighted by Gasteiger charge is -2.25. The van der Waals surface area contributed by atoms with Crippen LogP contribution in [-0.2, 0) is 20.9 Å². The molecule has 0 saturated carbocycles. The summed E-state index contributed by atoms with van der Waals surface area (Å²) in [5.41, 5.74) is 1.47. The van der Waals surface area contributed by atoms with Gasteiger partial charge in [-0.25, -0.2) is 0 Å². The summed E-state index contributed by atoms with van der Waals surface area (Å²) in [5.74, 6) is 4.67. The quantitative estimate of drug-likeness (QED) is 0.595. The summed E-state index contributed by atoms with van der Waals surface area (Å²) in [4.78, 5) is 24.4. The largest absolute Gasteiger partial charge is 0.384 e. The number of rotatable bonds is 2. The number of imide groups is 1. The molecule has 0 bridgehead atoms. The molecular formula is C14H13NO4. The lowest BCUT2D eigenvalue weighted by Crippen LogP contribution is -2.45. The number of nitrogens with zero attached hydrogens (tertiary/aromatic N) is 1. The van der Waals surface area contributed by atoms with Crippen LogP contribution in [0.2, 0.25) is 0 Å². The molecule has 0 atom stereocenters. The van der Waals surface area contributed by atoms with Crippen LogP contribution in [0.25, 0.3) is 0 Å². The van der Waals surface area contributed by atoms with Crippen molar-refractivity contribution < 1.29 is 19.4 Å². The summed E-state index contributed by atoms with van der Waals surface area (Å²) in [6.45, 7) is -0.201. The predicted molar refractivity (Wildman–Crippen MR) is 66.8 cm³/mol. The van der Waals surface area contributed by atoms with Crippen molar-refractivity contribution in [3.63, 3.8) is 0 Å². The van der Waals surface area contributed by atoms with Crippen LogP contribution in [0.3, 0.4) is 0 Å². The van der Waals surface area contributed by atoms with E-state index in [0.29, 0.717) is 5.56 Å². The van der Waals surface area contributed by atoms with Crippen molar-refractivity contribution in [1.82, 2.24) is 4.90 Å². The number of aliphatic hydroxyl groups excluding tert-OH is 1. The molecule has 1 aromatic carbocycles. The Hall–Kier alpha value is -2.16. The van der Waals surface area contributed by atoms with Gasteiger partial charge in [0.2, 0.25) is 0 Å². The number of carbonyl (C=O) groups excluding carboxylic acids is 2. The first-order valence-corrected chi connectivity index (χ1v) is 5.81. The number of aliphatic hydroxyl groups is 1. The Morgan fingerprint density at radius 2 is 1.89 bits per heavy atom. The zero-order valence-corrected chi connectivity index (χ0v) is 10.3. The SMILES string of the molecule is O=C1COCC(=O)N1Cc1ccccc1C#CCO. The van der Waals surface area contributed by atoms with Crippen LogP contribution in [0, 0.1) is 11.8 Å². The maximum absolute atomic E-state index is 11.6. The summed E-state index contributed by atoms with van der Waals surface area (Å²) in [7, 11) is 0. The first kappa shape index (κ1) is 13.3. The highest BCUT2D eigenvalue weighted by atomic mass is 16.5. The molecular weight excluding hydrogens is 246 g/mol. The molecule has 0 unspecified atom stereocenters. The fourth-order valence-electron chi connectivity index (χ4n) is 1.78.